The minimum Gasteiger partial charge on any atom is -0.375 e. The summed E-state index contributed by atoms with van der Waals surface area (Å²) in [6.45, 7) is 0.0911. The molecule has 0 aliphatic rings. The van der Waals surface area contributed by atoms with E-state index in [-0.39, 0.29) is 12.5 Å². The summed E-state index contributed by atoms with van der Waals surface area (Å²) in [6.07, 6.45) is 0. The zero-order valence-electron chi connectivity index (χ0n) is 10.3. The van der Waals surface area contributed by atoms with Crippen LogP contribution < -0.4 is 10.6 Å². The van der Waals surface area contributed by atoms with Gasteiger partial charge in [-0.2, -0.15) is 0 Å². The number of hydrogen-bond donors (Lipinski definition) is 2. The van der Waals surface area contributed by atoms with Gasteiger partial charge in [0, 0.05) is 15.7 Å². The number of carbonyl (C=O) groups excluding carboxylic acids is 1. The molecule has 2 rings (SSSR count). The third kappa shape index (κ3) is 4.30. The van der Waals surface area contributed by atoms with Crippen LogP contribution in [-0.4, -0.2) is 12.5 Å². The molecule has 2 aromatic rings. The fourth-order valence-electron chi connectivity index (χ4n) is 1.61. The van der Waals surface area contributed by atoms with Crippen LogP contribution in [0.2, 0.25) is 15.1 Å². The predicted octanol–water partition coefficient (Wildman–Crippen LogP) is 4.70. The lowest BCUT2D eigenvalue weighted by Crippen LogP contribution is -2.21. The molecule has 0 heterocycles. The third-order valence-electron chi connectivity index (χ3n) is 2.46. The van der Waals surface area contributed by atoms with Crippen molar-refractivity contribution in [3.63, 3.8) is 0 Å². The van der Waals surface area contributed by atoms with E-state index in [1.807, 2.05) is 12.1 Å². The summed E-state index contributed by atoms with van der Waals surface area (Å²) in [6, 6.07) is 12.1. The molecule has 20 heavy (non-hydrogen) atoms. The van der Waals surface area contributed by atoms with Gasteiger partial charge in [0.25, 0.3) is 0 Å². The maximum Gasteiger partial charge on any atom is 0.243 e. The average molecular weight is 330 g/mol. The van der Waals surface area contributed by atoms with Crippen LogP contribution in [0.5, 0.6) is 0 Å². The van der Waals surface area contributed by atoms with Crippen LogP contribution in [0.3, 0.4) is 0 Å². The van der Waals surface area contributed by atoms with Crippen LogP contribution in [0.4, 0.5) is 11.4 Å². The Bertz CT molecular complexity index is 611. The predicted molar refractivity (Wildman–Crippen MR) is 85.0 cm³/mol. The molecule has 0 saturated carbocycles. The first-order valence-electron chi connectivity index (χ1n) is 5.79. The molecule has 0 bridgehead atoms. The van der Waals surface area contributed by atoms with Crippen LogP contribution in [-0.2, 0) is 4.79 Å². The number of carbonyl (C=O) groups is 1. The van der Waals surface area contributed by atoms with Crippen LogP contribution in [0.1, 0.15) is 0 Å². The molecule has 104 valence electrons. The molecule has 2 aromatic carbocycles. The van der Waals surface area contributed by atoms with E-state index in [9.17, 15) is 4.79 Å². The van der Waals surface area contributed by atoms with Gasteiger partial charge in [0.05, 0.1) is 17.3 Å². The first-order valence-corrected chi connectivity index (χ1v) is 6.92. The van der Waals surface area contributed by atoms with Gasteiger partial charge < -0.3 is 10.6 Å². The van der Waals surface area contributed by atoms with E-state index in [1.165, 1.54) is 0 Å². The zero-order chi connectivity index (χ0) is 14.5. The molecule has 0 aromatic heterocycles. The molecule has 0 aliphatic heterocycles. The highest BCUT2D eigenvalue weighted by Crippen LogP contribution is 2.23. The molecule has 6 heteroatoms. The molecule has 1 amide bonds. The number of rotatable bonds is 4. The summed E-state index contributed by atoms with van der Waals surface area (Å²) in [7, 11) is 0. The van der Waals surface area contributed by atoms with Crippen molar-refractivity contribution >= 4 is 52.1 Å². The third-order valence-corrected chi connectivity index (χ3v) is 3.23. The lowest BCUT2D eigenvalue weighted by atomic mass is 10.3. The first-order chi connectivity index (χ1) is 9.54. The fourth-order valence-corrected chi connectivity index (χ4v) is 2.34. The van der Waals surface area contributed by atoms with Gasteiger partial charge in [-0.25, -0.2) is 0 Å². The fraction of sp³-hybridized carbons (Fsp3) is 0.0714. The smallest absolute Gasteiger partial charge is 0.243 e. The number of benzene rings is 2. The van der Waals surface area contributed by atoms with E-state index < -0.39 is 0 Å². The average Bonchev–Trinajstić information content (AvgIpc) is 2.36. The summed E-state index contributed by atoms with van der Waals surface area (Å²) in [5.41, 5.74) is 1.25. The van der Waals surface area contributed by atoms with Gasteiger partial charge in [-0.15, -0.1) is 0 Å². The second-order valence-electron chi connectivity index (χ2n) is 4.04. The Morgan fingerprint density at radius 2 is 1.65 bits per heavy atom. The molecule has 0 aliphatic carbocycles. The molecule has 3 nitrogen and oxygen atoms in total. The standard InChI is InChI=1S/C14H11Cl3N2O/c15-9-5-10(16)7-11(6-9)19-14(20)8-18-13-4-2-1-3-12(13)17/h1-7,18H,8H2,(H,19,20). The van der Waals surface area contributed by atoms with Crippen LogP contribution in [0, 0.1) is 0 Å². The van der Waals surface area contributed by atoms with Crippen molar-refractivity contribution in [2.45, 2.75) is 0 Å². The molecule has 0 saturated heterocycles. The molecule has 0 radical (unpaired) electrons. The second kappa shape index (κ2) is 6.84. The SMILES string of the molecule is O=C(CNc1ccccc1Cl)Nc1cc(Cl)cc(Cl)c1. The minimum atomic E-state index is -0.219. The van der Waals surface area contributed by atoms with Crippen LogP contribution >= 0.6 is 34.8 Å². The Morgan fingerprint density at radius 1 is 1.00 bits per heavy atom. The molecule has 0 fully saturated rings. The molecule has 0 spiro atoms. The van der Waals surface area contributed by atoms with E-state index in [4.69, 9.17) is 34.8 Å². The number of amides is 1. The number of para-hydroxylation sites is 1. The van der Waals surface area contributed by atoms with Crippen molar-refractivity contribution in [3.8, 4) is 0 Å². The van der Waals surface area contributed by atoms with Crippen molar-refractivity contribution in [2.24, 2.45) is 0 Å². The zero-order valence-corrected chi connectivity index (χ0v) is 12.6. The normalized spacial score (nSPS) is 10.2. The molecule has 2 N–H and O–H groups in total. The first kappa shape index (κ1) is 15.0. The lowest BCUT2D eigenvalue weighted by Gasteiger charge is -2.09. The van der Waals surface area contributed by atoms with E-state index >= 15 is 0 Å². The van der Waals surface area contributed by atoms with Gasteiger partial charge in [-0.3, -0.25) is 4.79 Å². The highest BCUT2D eigenvalue weighted by molar-refractivity contribution is 6.35. The van der Waals surface area contributed by atoms with Gasteiger partial charge in [0.1, 0.15) is 0 Å². The summed E-state index contributed by atoms with van der Waals surface area (Å²) < 4.78 is 0. The minimum absolute atomic E-state index is 0.0911. The Hall–Kier alpha value is -1.42. The van der Waals surface area contributed by atoms with Gasteiger partial charge in [0.15, 0.2) is 0 Å². The second-order valence-corrected chi connectivity index (χ2v) is 5.32. The van der Waals surface area contributed by atoms with Crippen molar-refractivity contribution in [3.05, 3.63) is 57.5 Å². The number of hydrogen-bond acceptors (Lipinski definition) is 2. The van der Waals surface area contributed by atoms with Gasteiger partial charge in [-0.05, 0) is 30.3 Å². The number of anilines is 2. The molecule has 0 atom stereocenters. The maximum absolute atomic E-state index is 11.8. The highest BCUT2D eigenvalue weighted by atomic mass is 35.5. The Balaban J connectivity index is 1.94. The molecular formula is C14H11Cl3N2O. The summed E-state index contributed by atoms with van der Waals surface area (Å²) in [5, 5.41) is 7.14. The van der Waals surface area contributed by atoms with Crippen molar-refractivity contribution in [1.82, 2.24) is 0 Å². The van der Waals surface area contributed by atoms with Crippen LogP contribution in [0.15, 0.2) is 42.5 Å². The van der Waals surface area contributed by atoms with E-state index in [0.717, 1.165) is 0 Å². The van der Waals surface area contributed by atoms with Gasteiger partial charge in [-0.1, -0.05) is 46.9 Å². The summed E-state index contributed by atoms with van der Waals surface area (Å²) >= 11 is 17.7. The van der Waals surface area contributed by atoms with Crippen molar-refractivity contribution < 1.29 is 4.79 Å². The quantitative estimate of drug-likeness (QED) is 0.854. The van der Waals surface area contributed by atoms with Gasteiger partial charge in [0.2, 0.25) is 5.91 Å². The Morgan fingerprint density at radius 3 is 2.30 bits per heavy atom. The molecule has 0 unspecified atom stereocenters. The van der Waals surface area contributed by atoms with Gasteiger partial charge >= 0.3 is 0 Å². The summed E-state index contributed by atoms with van der Waals surface area (Å²) in [4.78, 5) is 11.8. The summed E-state index contributed by atoms with van der Waals surface area (Å²) in [5.74, 6) is -0.219. The number of halogens is 3. The Labute approximate surface area is 131 Å². The lowest BCUT2D eigenvalue weighted by molar-refractivity contribution is -0.114. The Kier molecular flexibility index (Phi) is 5.12. The molecular weight excluding hydrogens is 319 g/mol. The van der Waals surface area contributed by atoms with Crippen molar-refractivity contribution in [1.29, 1.82) is 0 Å². The van der Waals surface area contributed by atoms with Crippen LogP contribution in [0.25, 0.3) is 0 Å². The van der Waals surface area contributed by atoms with E-state index in [1.54, 1.807) is 30.3 Å². The number of nitrogens with one attached hydrogen (secondary N) is 2. The van der Waals surface area contributed by atoms with E-state index in [0.29, 0.717) is 26.4 Å². The monoisotopic (exact) mass is 328 g/mol. The topological polar surface area (TPSA) is 41.1 Å². The van der Waals surface area contributed by atoms with Crippen molar-refractivity contribution in [2.75, 3.05) is 17.2 Å². The highest BCUT2D eigenvalue weighted by Gasteiger charge is 2.05. The largest absolute Gasteiger partial charge is 0.375 e. The maximum atomic E-state index is 11.8. The van der Waals surface area contributed by atoms with E-state index in [2.05, 4.69) is 10.6 Å².